The van der Waals surface area contributed by atoms with Crippen molar-refractivity contribution in [1.29, 1.82) is 0 Å². The topological polar surface area (TPSA) is 72.8 Å². The Hall–Kier alpha value is -1.40. The van der Waals surface area contributed by atoms with Crippen LogP contribution in [0.3, 0.4) is 0 Å². The first-order chi connectivity index (χ1) is 9.59. The molecule has 0 bridgehead atoms. The average molecular weight is 298 g/mol. The largest absolute Gasteiger partial charge is 0.492 e. The molecule has 5 nitrogen and oxygen atoms in total. The second-order valence-electron chi connectivity index (χ2n) is 4.64. The molecule has 1 fully saturated rings. The van der Waals surface area contributed by atoms with Crippen LogP contribution in [0.5, 0.6) is 5.75 Å². The molecule has 3 atom stereocenters. The molecule has 1 saturated heterocycles. The summed E-state index contributed by atoms with van der Waals surface area (Å²) in [7, 11) is -1.01. The second-order valence-corrected chi connectivity index (χ2v) is 6.41. The van der Waals surface area contributed by atoms with Crippen molar-refractivity contribution in [2.45, 2.75) is 24.7 Å². The van der Waals surface area contributed by atoms with Crippen molar-refractivity contribution < 1.29 is 23.6 Å². The van der Waals surface area contributed by atoms with Crippen LogP contribution in [0.2, 0.25) is 0 Å². The van der Waals surface area contributed by atoms with Crippen molar-refractivity contribution in [3.63, 3.8) is 0 Å². The minimum Gasteiger partial charge on any atom is -0.492 e. The average Bonchev–Trinajstić information content (AvgIpc) is 2.85. The molecule has 6 heteroatoms. The molecule has 0 aliphatic carbocycles. The fourth-order valence-electron chi connectivity index (χ4n) is 2.21. The summed E-state index contributed by atoms with van der Waals surface area (Å²) in [5.74, 6) is -0.334. The normalized spacial score (nSPS) is 23.4. The van der Waals surface area contributed by atoms with Crippen molar-refractivity contribution in [3.8, 4) is 5.75 Å². The number of hydrogen-bond donors (Lipinski definition) is 1. The number of aromatic carboxylic acids is 1. The Morgan fingerprint density at radius 2 is 2.25 bits per heavy atom. The number of para-hydroxylation sites is 1. The van der Waals surface area contributed by atoms with E-state index < -0.39 is 16.8 Å². The SMILES string of the molecule is CC1OCCC1S(=O)CCOc1ccccc1C(=O)O. The van der Waals surface area contributed by atoms with Gasteiger partial charge in [-0.2, -0.15) is 0 Å². The van der Waals surface area contributed by atoms with E-state index in [9.17, 15) is 9.00 Å². The number of ether oxygens (including phenoxy) is 2. The lowest BCUT2D eigenvalue weighted by Crippen LogP contribution is -2.27. The highest BCUT2D eigenvalue weighted by molar-refractivity contribution is 7.85. The van der Waals surface area contributed by atoms with Gasteiger partial charge in [0.15, 0.2) is 0 Å². The van der Waals surface area contributed by atoms with Crippen LogP contribution in [0.1, 0.15) is 23.7 Å². The van der Waals surface area contributed by atoms with Gasteiger partial charge in [-0.05, 0) is 25.5 Å². The minimum absolute atomic E-state index is 0.0159. The quantitative estimate of drug-likeness (QED) is 0.865. The van der Waals surface area contributed by atoms with Gasteiger partial charge in [-0.15, -0.1) is 0 Å². The molecule has 110 valence electrons. The van der Waals surface area contributed by atoms with E-state index in [1.54, 1.807) is 18.2 Å². The highest BCUT2D eigenvalue weighted by Crippen LogP contribution is 2.20. The number of carbonyl (C=O) groups is 1. The molecule has 0 radical (unpaired) electrons. The minimum atomic E-state index is -1.03. The number of carboxylic acid groups (broad SMARTS) is 1. The van der Waals surface area contributed by atoms with E-state index >= 15 is 0 Å². The summed E-state index contributed by atoms with van der Waals surface area (Å²) >= 11 is 0. The molecule has 0 aromatic heterocycles. The van der Waals surface area contributed by atoms with E-state index in [0.29, 0.717) is 18.1 Å². The molecule has 1 aromatic carbocycles. The fraction of sp³-hybridized carbons (Fsp3) is 0.500. The molecule has 2 rings (SSSR count). The Bertz CT molecular complexity index is 502. The van der Waals surface area contributed by atoms with Gasteiger partial charge in [-0.25, -0.2) is 4.79 Å². The summed E-state index contributed by atoms with van der Waals surface area (Å²) in [4.78, 5) is 11.0. The highest BCUT2D eigenvalue weighted by atomic mass is 32.2. The van der Waals surface area contributed by atoms with Gasteiger partial charge >= 0.3 is 5.97 Å². The van der Waals surface area contributed by atoms with Crippen LogP contribution in [0, 0.1) is 0 Å². The van der Waals surface area contributed by atoms with E-state index in [1.807, 2.05) is 6.92 Å². The first-order valence-electron chi connectivity index (χ1n) is 6.53. The van der Waals surface area contributed by atoms with E-state index in [-0.39, 0.29) is 23.5 Å². The van der Waals surface area contributed by atoms with Crippen LogP contribution >= 0.6 is 0 Å². The van der Waals surface area contributed by atoms with E-state index in [2.05, 4.69) is 0 Å². The number of benzene rings is 1. The summed E-state index contributed by atoms with van der Waals surface area (Å²) in [6.45, 7) is 2.82. The Labute approximate surface area is 120 Å². The van der Waals surface area contributed by atoms with Crippen molar-refractivity contribution >= 4 is 16.8 Å². The molecule has 20 heavy (non-hydrogen) atoms. The van der Waals surface area contributed by atoms with Gasteiger partial charge in [0, 0.05) is 17.4 Å². The summed E-state index contributed by atoms with van der Waals surface area (Å²) in [5, 5.41) is 9.07. The summed E-state index contributed by atoms with van der Waals surface area (Å²) < 4.78 is 22.9. The first kappa shape index (κ1) is 15.0. The smallest absolute Gasteiger partial charge is 0.339 e. The Morgan fingerprint density at radius 1 is 1.50 bits per heavy atom. The van der Waals surface area contributed by atoms with Crippen molar-refractivity contribution in [1.82, 2.24) is 0 Å². The zero-order chi connectivity index (χ0) is 14.5. The third-order valence-corrected chi connectivity index (χ3v) is 5.17. The maximum Gasteiger partial charge on any atom is 0.339 e. The van der Waals surface area contributed by atoms with Crippen LogP contribution in [0.25, 0.3) is 0 Å². The molecule has 1 heterocycles. The molecular weight excluding hydrogens is 280 g/mol. The number of hydrogen-bond acceptors (Lipinski definition) is 4. The van der Waals surface area contributed by atoms with Crippen LogP contribution < -0.4 is 4.74 Å². The van der Waals surface area contributed by atoms with E-state index in [1.165, 1.54) is 6.07 Å². The molecule has 1 N–H and O–H groups in total. The molecule has 0 saturated carbocycles. The molecular formula is C14H18O5S. The Morgan fingerprint density at radius 3 is 2.90 bits per heavy atom. The lowest BCUT2D eigenvalue weighted by Gasteiger charge is -2.14. The third-order valence-electron chi connectivity index (χ3n) is 3.30. The summed E-state index contributed by atoms with van der Waals surface area (Å²) in [6, 6.07) is 6.45. The second kappa shape index (κ2) is 6.85. The van der Waals surface area contributed by atoms with Gasteiger partial charge in [0.1, 0.15) is 11.3 Å². The Balaban J connectivity index is 1.87. The molecule has 3 unspecified atom stereocenters. The van der Waals surface area contributed by atoms with E-state index in [4.69, 9.17) is 14.6 Å². The number of rotatable bonds is 6. The summed E-state index contributed by atoms with van der Waals surface area (Å²) in [5.41, 5.74) is 0.121. The molecule has 1 aliphatic rings. The van der Waals surface area contributed by atoms with Crippen LogP contribution in [0.4, 0.5) is 0 Å². The molecule has 1 aliphatic heterocycles. The predicted octanol–water partition coefficient (Wildman–Crippen LogP) is 1.69. The maximum atomic E-state index is 12.1. The monoisotopic (exact) mass is 298 g/mol. The zero-order valence-electron chi connectivity index (χ0n) is 11.3. The van der Waals surface area contributed by atoms with Gasteiger partial charge < -0.3 is 14.6 Å². The standard InChI is InChI=1S/C14H18O5S/c1-10-13(6-7-18-10)20(17)9-8-19-12-5-3-2-4-11(12)14(15)16/h2-5,10,13H,6-9H2,1H3,(H,15,16). The predicted molar refractivity (Wildman–Crippen MR) is 75.7 cm³/mol. The van der Waals surface area contributed by atoms with Crippen molar-refractivity contribution in [3.05, 3.63) is 29.8 Å². The maximum absolute atomic E-state index is 12.1. The van der Waals surface area contributed by atoms with Crippen LogP contribution in [0.15, 0.2) is 24.3 Å². The molecule has 0 spiro atoms. The lowest BCUT2D eigenvalue weighted by atomic mass is 10.2. The lowest BCUT2D eigenvalue weighted by molar-refractivity contribution is 0.0692. The van der Waals surface area contributed by atoms with Gasteiger partial charge in [-0.1, -0.05) is 12.1 Å². The fourth-order valence-corrected chi connectivity index (χ4v) is 3.63. The van der Waals surface area contributed by atoms with Crippen LogP contribution in [-0.4, -0.2) is 45.6 Å². The summed E-state index contributed by atoms with van der Waals surface area (Å²) in [6.07, 6.45) is 0.821. The highest BCUT2D eigenvalue weighted by Gasteiger charge is 2.29. The van der Waals surface area contributed by atoms with Crippen molar-refractivity contribution in [2.24, 2.45) is 0 Å². The van der Waals surface area contributed by atoms with Crippen molar-refractivity contribution in [2.75, 3.05) is 19.0 Å². The third kappa shape index (κ3) is 3.58. The van der Waals surface area contributed by atoms with Gasteiger partial charge in [-0.3, -0.25) is 4.21 Å². The van der Waals surface area contributed by atoms with E-state index in [0.717, 1.165) is 6.42 Å². The number of carboxylic acids is 1. The van der Waals surface area contributed by atoms with Gasteiger partial charge in [0.2, 0.25) is 0 Å². The van der Waals surface area contributed by atoms with Gasteiger partial charge in [0.05, 0.1) is 23.7 Å². The first-order valence-corrected chi connectivity index (χ1v) is 7.91. The van der Waals surface area contributed by atoms with Gasteiger partial charge in [0.25, 0.3) is 0 Å². The molecule has 0 amide bonds. The Kier molecular flexibility index (Phi) is 5.14. The zero-order valence-corrected chi connectivity index (χ0v) is 12.1. The van der Waals surface area contributed by atoms with Crippen LogP contribution in [-0.2, 0) is 15.5 Å². The molecule has 1 aromatic rings.